The molecule has 0 fully saturated rings. The van der Waals surface area contributed by atoms with Crippen LogP contribution >= 0.6 is 0 Å². The number of aryl methyl sites for hydroxylation is 1. The zero-order valence-electron chi connectivity index (χ0n) is 11.6. The quantitative estimate of drug-likeness (QED) is 0.718. The summed E-state index contributed by atoms with van der Waals surface area (Å²) >= 11 is 0. The molecule has 0 bridgehead atoms. The monoisotopic (exact) mass is 279 g/mol. The van der Waals surface area contributed by atoms with Crippen molar-refractivity contribution in [2.75, 3.05) is 5.75 Å². The molecule has 1 atom stereocenters. The van der Waals surface area contributed by atoms with Gasteiger partial charge in [0.15, 0.2) is 9.84 Å². The van der Waals surface area contributed by atoms with Gasteiger partial charge in [0.25, 0.3) is 0 Å². The van der Waals surface area contributed by atoms with Crippen molar-refractivity contribution < 1.29 is 8.42 Å². The van der Waals surface area contributed by atoms with Crippen LogP contribution in [0.1, 0.15) is 38.2 Å². The standard InChI is InChI=1S/C15H21NO2S/c1-3-14(12-16)6-4-5-11-19(17,18)15-9-7-13(2)8-10-15/h7-10,14H,3-6,11H2,1-2H3. The maximum atomic E-state index is 12.1. The van der Waals surface area contributed by atoms with E-state index in [-0.39, 0.29) is 11.7 Å². The highest BCUT2D eigenvalue weighted by molar-refractivity contribution is 7.91. The van der Waals surface area contributed by atoms with Gasteiger partial charge in [-0.2, -0.15) is 5.26 Å². The predicted molar refractivity (Wildman–Crippen MR) is 76.5 cm³/mol. The van der Waals surface area contributed by atoms with Crippen LogP contribution in [0.2, 0.25) is 0 Å². The summed E-state index contributed by atoms with van der Waals surface area (Å²) in [6.45, 7) is 3.92. The Morgan fingerprint density at radius 2 is 1.84 bits per heavy atom. The van der Waals surface area contributed by atoms with Crippen molar-refractivity contribution in [1.29, 1.82) is 5.26 Å². The fraction of sp³-hybridized carbons (Fsp3) is 0.533. The van der Waals surface area contributed by atoms with Crippen LogP contribution in [-0.4, -0.2) is 14.2 Å². The molecule has 1 rings (SSSR count). The van der Waals surface area contributed by atoms with Crippen LogP contribution in [0.15, 0.2) is 29.2 Å². The van der Waals surface area contributed by atoms with E-state index in [1.54, 1.807) is 12.1 Å². The van der Waals surface area contributed by atoms with Crippen LogP contribution in [0.25, 0.3) is 0 Å². The Morgan fingerprint density at radius 3 is 2.37 bits per heavy atom. The first-order chi connectivity index (χ1) is 8.99. The highest BCUT2D eigenvalue weighted by Crippen LogP contribution is 2.16. The van der Waals surface area contributed by atoms with Gasteiger partial charge in [-0.25, -0.2) is 8.42 Å². The van der Waals surface area contributed by atoms with E-state index in [1.807, 2.05) is 26.0 Å². The summed E-state index contributed by atoms with van der Waals surface area (Å²) in [4.78, 5) is 0.394. The van der Waals surface area contributed by atoms with Crippen LogP contribution in [0.4, 0.5) is 0 Å². The second-order valence-corrected chi connectivity index (χ2v) is 6.97. The van der Waals surface area contributed by atoms with E-state index in [9.17, 15) is 8.42 Å². The summed E-state index contributed by atoms with van der Waals surface area (Å²) in [5.74, 6) is 0.222. The SMILES string of the molecule is CCC(C#N)CCCCS(=O)(=O)c1ccc(C)cc1. The van der Waals surface area contributed by atoms with Crippen molar-refractivity contribution in [2.45, 2.75) is 44.4 Å². The lowest BCUT2D eigenvalue weighted by Gasteiger charge is -2.07. The smallest absolute Gasteiger partial charge is 0.178 e. The van der Waals surface area contributed by atoms with Crippen molar-refractivity contribution in [2.24, 2.45) is 5.92 Å². The van der Waals surface area contributed by atoms with Crippen molar-refractivity contribution in [3.8, 4) is 6.07 Å². The third kappa shape index (κ3) is 5.04. The molecule has 4 heteroatoms. The van der Waals surface area contributed by atoms with Gasteiger partial charge in [-0.15, -0.1) is 0 Å². The molecule has 0 aliphatic carbocycles. The van der Waals surface area contributed by atoms with E-state index < -0.39 is 9.84 Å². The van der Waals surface area contributed by atoms with Crippen LogP contribution in [-0.2, 0) is 9.84 Å². The lowest BCUT2D eigenvalue weighted by Crippen LogP contribution is -2.07. The molecule has 19 heavy (non-hydrogen) atoms. The summed E-state index contributed by atoms with van der Waals surface area (Å²) in [5, 5.41) is 8.82. The molecular weight excluding hydrogens is 258 g/mol. The number of rotatable bonds is 7. The number of hydrogen-bond donors (Lipinski definition) is 0. The molecule has 0 aliphatic heterocycles. The third-order valence-electron chi connectivity index (χ3n) is 3.27. The molecular formula is C15H21NO2S. The van der Waals surface area contributed by atoms with Gasteiger partial charge < -0.3 is 0 Å². The number of hydrogen-bond acceptors (Lipinski definition) is 3. The summed E-state index contributed by atoms with van der Waals surface area (Å²) in [6.07, 6.45) is 3.03. The first-order valence-electron chi connectivity index (χ1n) is 6.68. The van der Waals surface area contributed by atoms with E-state index >= 15 is 0 Å². The minimum absolute atomic E-state index is 0.0575. The second kappa shape index (κ2) is 7.30. The van der Waals surface area contributed by atoms with Gasteiger partial charge >= 0.3 is 0 Å². The average molecular weight is 279 g/mol. The van der Waals surface area contributed by atoms with Crippen molar-refractivity contribution in [3.63, 3.8) is 0 Å². The number of nitriles is 1. The van der Waals surface area contributed by atoms with Gasteiger partial charge in [0.05, 0.1) is 16.7 Å². The summed E-state index contributed by atoms with van der Waals surface area (Å²) in [5.41, 5.74) is 1.05. The Kier molecular flexibility index (Phi) is 6.04. The molecule has 1 aromatic carbocycles. The zero-order valence-corrected chi connectivity index (χ0v) is 12.4. The molecule has 0 aliphatic rings. The van der Waals surface area contributed by atoms with Crippen LogP contribution in [0, 0.1) is 24.2 Å². The Bertz CT molecular complexity index is 526. The highest BCUT2D eigenvalue weighted by Gasteiger charge is 2.14. The van der Waals surface area contributed by atoms with Crippen molar-refractivity contribution in [1.82, 2.24) is 0 Å². The minimum atomic E-state index is -3.17. The molecule has 1 aromatic rings. The van der Waals surface area contributed by atoms with Crippen LogP contribution < -0.4 is 0 Å². The highest BCUT2D eigenvalue weighted by atomic mass is 32.2. The molecule has 0 spiro atoms. The maximum Gasteiger partial charge on any atom is 0.178 e. The average Bonchev–Trinajstić information content (AvgIpc) is 2.39. The van der Waals surface area contributed by atoms with Gasteiger partial charge in [-0.3, -0.25) is 0 Å². The van der Waals surface area contributed by atoms with E-state index in [0.29, 0.717) is 11.3 Å². The fourth-order valence-corrected chi connectivity index (χ4v) is 3.28. The minimum Gasteiger partial charge on any atom is -0.224 e. The Hall–Kier alpha value is -1.34. The van der Waals surface area contributed by atoms with Gasteiger partial charge in [-0.05, 0) is 38.3 Å². The number of sulfone groups is 1. The molecule has 104 valence electrons. The molecule has 0 saturated heterocycles. The van der Waals surface area contributed by atoms with Crippen LogP contribution in [0.5, 0.6) is 0 Å². The lowest BCUT2D eigenvalue weighted by atomic mass is 10.0. The molecule has 3 nitrogen and oxygen atoms in total. The van der Waals surface area contributed by atoms with E-state index in [1.165, 1.54) is 0 Å². The van der Waals surface area contributed by atoms with Gasteiger partial charge in [0, 0.05) is 5.92 Å². The van der Waals surface area contributed by atoms with E-state index in [0.717, 1.165) is 24.8 Å². The largest absolute Gasteiger partial charge is 0.224 e. The number of benzene rings is 1. The Balaban J connectivity index is 2.48. The maximum absolute atomic E-state index is 12.1. The van der Waals surface area contributed by atoms with Gasteiger partial charge in [0.1, 0.15) is 0 Å². The molecule has 0 heterocycles. The number of unbranched alkanes of at least 4 members (excludes halogenated alkanes) is 1. The number of nitrogens with zero attached hydrogens (tertiary/aromatic N) is 1. The first kappa shape index (κ1) is 15.7. The van der Waals surface area contributed by atoms with Crippen LogP contribution in [0.3, 0.4) is 0 Å². The molecule has 1 unspecified atom stereocenters. The summed E-state index contributed by atoms with van der Waals surface area (Å²) < 4.78 is 24.1. The summed E-state index contributed by atoms with van der Waals surface area (Å²) in [6, 6.07) is 9.19. The third-order valence-corrected chi connectivity index (χ3v) is 5.09. The molecule has 0 aromatic heterocycles. The van der Waals surface area contributed by atoms with Crippen molar-refractivity contribution in [3.05, 3.63) is 29.8 Å². The van der Waals surface area contributed by atoms with Gasteiger partial charge in [-0.1, -0.05) is 31.0 Å². The van der Waals surface area contributed by atoms with E-state index in [4.69, 9.17) is 5.26 Å². The fourth-order valence-electron chi connectivity index (χ4n) is 1.91. The Morgan fingerprint density at radius 1 is 1.21 bits per heavy atom. The van der Waals surface area contributed by atoms with Gasteiger partial charge in [0.2, 0.25) is 0 Å². The van der Waals surface area contributed by atoms with Crippen molar-refractivity contribution >= 4 is 9.84 Å². The van der Waals surface area contributed by atoms with E-state index in [2.05, 4.69) is 6.07 Å². The molecule has 0 radical (unpaired) electrons. The zero-order chi connectivity index (χ0) is 14.3. The molecule has 0 amide bonds. The molecule has 0 N–H and O–H groups in total. The molecule has 0 saturated carbocycles. The normalized spacial score (nSPS) is 12.9. The lowest BCUT2D eigenvalue weighted by molar-refractivity contribution is 0.545. The summed E-state index contributed by atoms with van der Waals surface area (Å²) in [7, 11) is -3.17. The predicted octanol–water partition coefficient (Wildman–Crippen LogP) is 3.49. The second-order valence-electron chi connectivity index (χ2n) is 4.86. The topological polar surface area (TPSA) is 57.9 Å². The Labute approximate surface area is 116 Å². The first-order valence-corrected chi connectivity index (χ1v) is 8.34.